The minimum absolute atomic E-state index is 0.209. The SMILES string of the molecule is CC[C@H](C)n1ccc(NCc2cccc(F)c2F)n1. The Morgan fingerprint density at radius 1 is 1.32 bits per heavy atom. The molecule has 1 N–H and O–H groups in total. The van der Waals surface area contributed by atoms with Crippen LogP contribution >= 0.6 is 0 Å². The highest BCUT2D eigenvalue weighted by molar-refractivity contribution is 5.34. The number of benzene rings is 1. The van der Waals surface area contributed by atoms with Crippen molar-refractivity contribution in [3.8, 4) is 0 Å². The third-order valence-electron chi connectivity index (χ3n) is 3.14. The molecule has 102 valence electrons. The van der Waals surface area contributed by atoms with Gasteiger partial charge in [0.1, 0.15) is 5.82 Å². The summed E-state index contributed by atoms with van der Waals surface area (Å²) < 4.78 is 28.3. The second kappa shape index (κ2) is 5.82. The van der Waals surface area contributed by atoms with Crippen molar-refractivity contribution >= 4 is 5.82 Å². The average Bonchev–Trinajstić information content (AvgIpc) is 2.88. The zero-order valence-corrected chi connectivity index (χ0v) is 11.0. The van der Waals surface area contributed by atoms with Gasteiger partial charge < -0.3 is 5.32 Å². The lowest BCUT2D eigenvalue weighted by Crippen LogP contribution is -2.07. The summed E-state index contributed by atoms with van der Waals surface area (Å²) in [6.07, 6.45) is 2.86. The summed E-state index contributed by atoms with van der Waals surface area (Å²) in [4.78, 5) is 0. The predicted molar refractivity (Wildman–Crippen MR) is 70.9 cm³/mol. The summed E-state index contributed by atoms with van der Waals surface area (Å²) in [5.41, 5.74) is 0.290. The lowest BCUT2D eigenvalue weighted by molar-refractivity contribution is 0.478. The number of rotatable bonds is 5. The molecule has 19 heavy (non-hydrogen) atoms. The minimum Gasteiger partial charge on any atom is -0.364 e. The van der Waals surface area contributed by atoms with Crippen LogP contribution in [-0.4, -0.2) is 9.78 Å². The molecule has 0 bridgehead atoms. The van der Waals surface area contributed by atoms with Crippen molar-refractivity contribution in [3.05, 3.63) is 47.7 Å². The Labute approximate surface area is 111 Å². The van der Waals surface area contributed by atoms with Crippen molar-refractivity contribution in [2.45, 2.75) is 32.9 Å². The van der Waals surface area contributed by atoms with E-state index in [-0.39, 0.29) is 12.1 Å². The monoisotopic (exact) mass is 265 g/mol. The smallest absolute Gasteiger partial charge is 0.163 e. The van der Waals surface area contributed by atoms with Crippen LogP contribution in [0.3, 0.4) is 0 Å². The van der Waals surface area contributed by atoms with Crippen LogP contribution < -0.4 is 5.32 Å². The van der Waals surface area contributed by atoms with Gasteiger partial charge in [-0.2, -0.15) is 5.10 Å². The molecule has 0 saturated carbocycles. The molecule has 1 aromatic carbocycles. The van der Waals surface area contributed by atoms with E-state index < -0.39 is 11.6 Å². The Kier molecular flexibility index (Phi) is 4.14. The molecule has 2 aromatic rings. The molecule has 0 radical (unpaired) electrons. The quantitative estimate of drug-likeness (QED) is 0.892. The molecule has 2 rings (SSSR count). The summed E-state index contributed by atoms with van der Waals surface area (Å²) in [6.45, 7) is 4.37. The van der Waals surface area contributed by atoms with Crippen LogP contribution in [0.1, 0.15) is 31.9 Å². The molecule has 5 heteroatoms. The molecule has 0 aliphatic heterocycles. The molecule has 0 amide bonds. The van der Waals surface area contributed by atoms with Gasteiger partial charge in [0, 0.05) is 30.4 Å². The van der Waals surface area contributed by atoms with Gasteiger partial charge in [0.25, 0.3) is 0 Å². The first-order valence-electron chi connectivity index (χ1n) is 6.33. The van der Waals surface area contributed by atoms with Gasteiger partial charge in [0.15, 0.2) is 11.6 Å². The van der Waals surface area contributed by atoms with Gasteiger partial charge in [-0.25, -0.2) is 8.78 Å². The van der Waals surface area contributed by atoms with Gasteiger partial charge in [0.05, 0.1) is 0 Å². The first kappa shape index (κ1) is 13.5. The van der Waals surface area contributed by atoms with Crippen molar-refractivity contribution in [2.75, 3.05) is 5.32 Å². The Hall–Kier alpha value is -1.91. The van der Waals surface area contributed by atoms with E-state index in [0.29, 0.717) is 11.9 Å². The molecule has 1 atom stereocenters. The Bertz CT molecular complexity index is 551. The van der Waals surface area contributed by atoms with E-state index in [1.165, 1.54) is 6.07 Å². The highest BCUT2D eigenvalue weighted by atomic mass is 19.2. The Morgan fingerprint density at radius 3 is 2.84 bits per heavy atom. The maximum Gasteiger partial charge on any atom is 0.163 e. The van der Waals surface area contributed by atoms with Crippen LogP contribution in [0.5, 0.6) is 0 Å². The maximum absolute atomic E-state index is 13.5. The number of nitrogens with zero attached hydrogens (tertiary/aromatic N) is 2. The standard InChI is InChI=1S/C14H17F2N3/c1-3-10(2)19-8-7-13(18-19)17-9-11-5-4-6-12(15)14(11)16/h4-8,10H,3,9H2,1-2H3,(H,17,18)/t10-/m0/s1. The van der Waals surface area contributed by atoms with E-state index in [4.69, 9.17) is 0 Å². The van der Waals surface area contributed by atoms with Gasteiger partial charge in [0.2, 0.25) is 0 Å². The summed E-state index contributed by atoms with van der Waals surface area (Å²) in [5.74, 6) is -0.982. The maximum atomic E-state index is 13.5. The summed E-state index contributed by atoms with van der Waals surface area (Å²) in [5, 5.41) is 7.33. The van der Waals surface area contributed by atoms with Crippen molar-refractivity contribution < 1.29 is 8.78 Å². The zero-order valence-electron chi connectivity index (χ0n) is 11.0. The van der Waals surface area contributed by atoms with Crippen LogP contribution in [0.15, 0.2) is 30.5 Å². The average molecular weight is 265 g/mol. The third kappa shape index (κ3) is 3.10. The van der Waals surface area contributed by atoms with Gasteiger partial charge >= 0.3 is 0 Å². The van der Waals surface area contributed by atoms with E-state index in [1.54, 1.807) is 6.07 Å². The van der Waals surface area contributed by atoms with Gasteiger partial charge in [-0.1, -0.05) is 19.1 Å². The van der Waals surface area contributed by atoms with Crippen LogP contribution in [0.25, 0.3) is 0 Å². The molecule has 0 aliphatic carbocycles. The van der Waals surface area contributed by atoms with Gasteiger partial charge in [-0.15, -0.1) is 0 Å². The van der Waals surface area contributed by atoms with E-state index in [2.05, 4.69) is 24.3 Å². The molecule has 1 aromatic heterocycles. The predicted octanol–water partition coefficient (Wildman–Crippen LogP) is 3.74. The van der Waals surface area contributed by atoms with E-state index in [0.717, 1.165) is 12.5 Å². The first-order valence-corrected chi connectivity index (χ1v) is 6.33. The van der Waals surface area contributed by atoms with Gasteiger partial charge in [-0.05, 0) is 19.4 Å². The molecule has 0 saturated heterocycles. The second-order valence-electron chi connectivity index (χ2n) is 4.50. The van der Waals surface area contributed by atoms with Crippen molar-refractivity contribution in [2.24, 2.45) is 0 Å². The van der Waals surface area contributed by atoms with E-state index in [9.17, 15) is 8.78 Å². The molecule has 3 nitrogen and oxygen atoms in total. The third-order valence-corrected chi connectivity index (χ3v) is 3.14. The van der Waals surface area contributed by atoms with Crippen LogP contribution in [0, 0.1) is 11.6 Å². The lowest BCUT2D eigenvalue weighted by Gasteiger charge is -2.08. The molecular formula is C14H17F2N3. The van der Waals surface area contributed by atoms with E-state index >= 15 is 0 Å². The van der Waals surface area contributed by atoms with Crippen molar-refractivity contribution in [1.82, 2.24) is 9.78 Å². The fraction of sp³-hybridized carbons (Fsp3) is 0.357. The zero-order chi connectivity index (χ0) is 13.8. The first-order chi connectivity index (χ1) is 9.11. The molecule has 1 heterocycles. The summed E-state index contributed by atoms with van der Waals surface area (Å²) >= 11 is 0. The topological polar surface area (TPSA) is 29.9 Å². The Morgan fingerprint density at radius 2 is 2.11 bits per heavy atom. The highest BCUT2D eigenvalue weighted by Gasteiger charge is 2.08. The number of hydrogen-bond acceptors (Lipinski definition) is 2. The molecule has 0 aliphatic rings. The number of nitrogens with one attached hydrogen (secondary N) is 1. The van der Waals surface area contributed by atoms with Gasteiger partial charge in [-0.3, -0.25) is 4.68 Å². The van der Waals surface area contributed by atoms with Crippen LogP contribution in [0.2, 0.25) is 0 Å². The second-order valence-corrected chi connectivity index (χ2v) is 4.50. The minimum atomic E-state index is -0.829. The van der Waals surface area contributed by atoms with Crippen LogP contribution in [-0.2, 0) is 6.54 Å². The lowest BCUT2D eigenvalue weighted by atomic mass is 10.2. The highest BCUT2D eigenvalue weighted by Crippen LogP contribution is 2.15. The largest absolute Gasteiger partial charge is 0.364 e. The number of halogens is 2. The normalized spacial score (nSPS) is 12.4. The number of anilines is 1. The molecule has 0 spiro atoms. The van der Waals surface area contributed by atoms with Crippen molar-refractivity contribution in [3.63, 3.8) is 0 Å². The number of hydrogen-bond donors (Lipinski definition) is 1. The summed E-state index contributed by atoms with van der Waals surface area (Å²) in [7, 11) is 0. The van der Waals surface area contributed by atoms with E-state index in [1.807, 2.05) is 16.9 Å². The van der Waals surface area contributed by atoms with Crippen molar-refractivity contribution in [1.29, 1.82) is 0 Å². The molecular weight excluding hydrogens is 248 g/mol. The fourth-order valence-electron chi connectivity index (χ4n) is 1.74. The molecule has 0 fully saturated rings. The molecule has 0 unspecified atom stereocenters. The Balaban J connectivity index is 2.02. The number of aromatic nitrogens is 2. The van der Waals surface area contributed by atoms with Crippen LogP contribution in [0.4, 0.5) is 14.6 Å². The fourth-order valence-corrected chi connectivity index (χ4v) is 1.74. The summed E-state index contributed by atoms with van der Waals surface area (Å²) in [6, 6.07) is 6.30.